The van der Waals surface area contributed by atoms with Gasteiger partial charge in [0.1, 0.15) is 11.6 Å². The van der Waals surface area contributed by atoms with Gasteiger partial charge in [0, 0.05) is 31.1 Å². The molecule has 9 heteroatoms. The van der Waals surface area contributed by atoms with Crippen molar-refractivity contribution in [2.24, 2.45) is 7.05 Å². The maximum absolute atomic E-state index is 4.61. The molecule has 27 heavy (non-hydrogen) atoms. The van der Waals surface area contributed by atoms with Crippen LogP contribution < -0.4 is 5.32 Å². The molecule has 0 aliphatic rings. The summed E-state index contributed by atoms with van der Waals surface area (Å²) >= 11 is 1.85. The van der Waals surface area contributed by atoms with Crippen LogP contribution in [-0.4, -0.2) is 39.6 Å². The quantitative estimate of drug-likeness (QED) is 0.549. The van der Waals surface area contributed by atoms with E-state index in [4.69, 9.17) is 0 Å². The van der Waals surface area contributed by atoms with Gasteiger partial charge < -0.3 is 5.32 Å². The number of pyridine rings is 1. The molecule has 0 saturated heterocycles. The number of aryl methyl sites for hydroxylation is 1. The summed E-state index contributed by atoms with van der Waals surface area (Å²) in [6, 6.07) is 7.77. The first-order chi connectivity index (χ1) is 13.1. The number of nitrogens with one attached hydrogen (secondary N) is 1. The Kier molecular flexibility index (Phi) is 4.76. The Morgan fingerprint density at radius 3 is 2.81 bits per heavy atom. The van der Waals surface area contributed by atoms with E-state index in [1.165, 1.54) is 0 Å². The van der Waals surface area contributed by atoms with E-state index < -0.39 is 0 Å². The average Bonchev–Trinajstić information content (AvgIpc) is 3.26. The third-order valence-corrected chi connectivity index (χ3v) is 5.13. The first kappa shape index (κ1) is 17.5. The fraction of sp³-hybridized carbons (Fsp3) is 0.278. The molecule has 0 atom stereocenters. The lowest BCUT2D eigenvalue weighted by Crippen LogP contribution is -2.03. The fourth-order valence-corrected chi connectivity index (χ4v) is 3.31. The van der Waals surface area contributed by atoms with E-state index in [1.807, 2.05) is 53.7 Å². The molecule has 0 radical (unpaired) electrons. The molecule has 0 aliphatic carbocycles. The third-order valence-electron chi connectivity index (χ3n) is 4.04. The Morgan fingerprint density at radius 2 is 2.04 bits per heavy atom. The largest absolute Gasteiger partial charge is 0.309 e. The standard InChI is InChI=1S/C18H20N8S/c1-12(2)27-11-17-24-23-16-10-13(6-9-26(16)17)14-4-7-19-18(21-14)22-15-5-8-20-25(15)3/h4-10,12H,11H2,1-3H3,(H,19,21,22). The summed E-state index contributed by atoms with van der Waals surface area (Å²) in [6.45, 7) is 4.36. The molecule has 0 saturated carbocycles. The van der Waals surface area contributed by atoms with Gasteiger partial charge in [0.15, 0.2) is 5.65 Å². The summed E-state index contributed by atoms with van der Waals surface area (Å²) in [6.07, 6.45) is 5.46. The van der Waals surface area contributed by atoms with E-state index >= 15 is 0 Å². The number of anilines is 2. The maximum atomic E-state index is 4.61. The molecule has 8 nitrogen and oxygen atoms in total. The van der Waals surface area contributed by atoms with Gasteiger partial charge in [-0.3, -0.25) is 9.08 Å². The summed E-state index contributed by atoms with van der Waals surface area (Å²) in [5.74, 6) is 3.14. The van der Waals surface area contributed by atoms with Crippen molar-refractivity contribution in [3.8, 4) is 11.3 Å². The number of thioether (sulfide) groups is 1. The van der Waals surface area contributed by atoms with Crippen molar-refractivity contribution in [1.82, 2.24) is 34.3 Å². The van der Waals surface area contributed by atoms with E-state index in [2.05, 4.69) is 44.4 Å². The zero-order chi connectivity index (χ0) is 18.8. The minimum atomic E-state index is 0.520. The number of fused-ring (bicyclic) bond motifs is 1. The molecular formula is C18H20N8S. The Bertz CT molecular complexity index is 1070. The summed E-state index contributed by atoms with van der Waals surface area (Å²) in [4.78, 5) is 8.90. The van der Waals surface area contributed by atoms with Gasteiger partial charge in [-0.05, 0) is 23.4 Å². The zero-order valence-electron chi connectivity index (χ0n) is 15.4. The van der Waals surface area contributed by atoms with Gasteiger partial charge in [0.2, 0.25) is 5.95 Å². The van der Waals surface area contributed by atoms with Crippen LogP contribution in [0.25, 0.3) is 16.9 Å². The molecule has 4 heterocycles. The van der Waals surface area contributed by atoms with Crippen LogP contribution in [0.4, 0.5) is 11.8 Å². The highest BCUT2D eigenvalue weighted by Gasteiger charge is 2.10. The predicted octanol–water partition coefficient (Wildman–Crippen LogP) is 3.31. The Morgan fingerprint density at radius 1 is 1.15 bits per heavy atom. The predicted molar refractivity (Wildman–Crippen MR) is 107 cm³/mol. The molecule has 1 N–H and O–H groups in total. The minimum Gasteiger partial charge on any atom is -0.309 e. The lowest BCUT2D eigenvalue weighted by molar-refractivity contribution is 0.775. The van der Waals surface area contributed by atoms with Crippen molar-refractivity contribution in [1.29, 1.82) is 0 Å². The van der Waals surface area contributed by atoms with Crippen LogP contribution in [0.1, 0.15) is 19.7 Å². The average molecular weight is 380 g/mol. The van der Waals surface area contributed by atoms with Crippen LogP contribution in [0.15, 0.2) is 42.9 Å². The number of nitrogens with zero attached hydrogens (tertiary/aromatic N) is 7. The highest BCUT2D eigenvalue weighted by Crippen LogP contribution is 2.22. The second-order valence-corrected chi connectivity index (χ2v) is 7.91. The highest BCUT2D eigenvalue weighted by molar-refractivity contribution is 7.99. The summed E-state index contributed by atoms with van der Waals surface area (Å²) in [5.41, 5.74) is 2.60. The van der Waals surface area contributed by atoms with Gasteiger partial charge in [-0.25, -0.2) is 9.97 Å². The number of aromatic nitrogens is 7. The van der Waals surface area contributed by atoms with Crippen molar-refractivity contribution in [3.05, 3.63) is 48.7 Å². The van der Waals surface area contributed by atoms with Gasteiger partial charge in [-0.1, -0.05) is 13.8 Å². The Hall–Kier alpha value is -2.94. The topological polar surface area (TPSA) is 85.8 Å². The first-order valence-corrected chi connectivity index (χ1v) is 9.69. The van der Waals surface area contributed by atoms with Crippen LogP contribution in [-0.2, 0) is 12.8 Å². The van der Waals surface area contributed by atoms with E-state index in [0.717, 1.165) is 34.3 Å². The SMILES string of the molecule is CC(C)SCc1nnc2cc(-c3ccnc(Nc4ccnn4C)n3)ccn12. The second-order valence-electron chi connectivity index (χ2n) is 6.35. The maximum Gasteiger partial charge on any atom is 0.228 e. The minimum absolute atomic E-state index is 0.520. The molecule has 0 fully saturated rings. The van der Waals surface area contributed by atoms with Crippen molar-refractivity contribution < 1.29 is 0 Å². The number of rotatable bonds is 6. The van der Waals surface area contributed by atoms with Crippen molar-refractivity contribution >= 4 is 29.2 Å². The lowest BCUT2D eigenvalue weighted by Gasteiger charge is -2.07. The van der Waals surface area contributed by atoms with Crippen molar-refractivity contribution in [2.45, 2.75) is 24.9 Å². The summed E-state index contributed by atoms with van der Waals surface area (Å²) in [5, 5.41) is 16.5. The van der Waals surface area contributed by atoms with Gasteiger partial charge >= 0.3 is 0 Å². The van der Waals surface area contributed by atoms with E-state index in [-0.39, 0.29) is 0 Å². The molecule has 0 spiro atoms. The molecule has 0 amide bonds. The fourth-order valence-electron chi connectivity index (χ4n) is 2.63. The van der Waals surface area contributed by atoms with Gasteiger partial charge in [0.25, 0.3) is 0 Å². The normalized spacial score (nSPS) is 11.4. The van der Waals surface area contributed by atoms with E-state index in [9.17, 15) is 0 Å². The van der Waals surface area contributed by atoms with Gasteiger partial charge in [-0.15, -0.1) is 10.2 Å². The number of hydrogen-bond donors (Lipinski definition) is 1. The summed E-state index contributed by atoms with van der Waals surface area (Å²) in [7, 11) is 1.86. The molecule has 0 aromatic carbocycles. The molecule has 0 bridgehead atoms. The second kappa shape index (κ2) is 7.36. The monoisotopic (exact) mass is 380 g/mol. The molecule has 0 aliphatic heterocycles. The lowest BCUT2D eigenvalue weighted by atomic mass is 10.2. The zero-order valence-corrected chi connectivity index (χ0v) is 16.2. The van der Waals surface area contributed by atoms with Crippen LogP contribution in [0, 0.1) is 0 Å². The molecule has 4 aromatic rings. The third kappa shape index (κ3) is 3.77. The van der Waals surface area contributed by atoms with Crippen LogP contribution >= 0.6 is 11.8 Å². The first-order valence-electron chi connectivity index (χ1n) is 8.64. The van der Waals surface area contributed by atoms with Crippen molar-refractivity contribution in [2.75, 3.05) is 5.32 Å². The van der Waals surface area contributed by atoms with Crippen molar-refractivity contribution in [3.63, 3.8) is 0 Å². The smallest absolute Gasteiger partial charge is 0.228 e. The van der Waals surface area contributed by atoms with Crippen LogP contribution in [0.5, 0.6) is 0 Å². The molecule has 0 unspecified atom stereocenters. The van der Waals surface area contributed by atoms with Crippen LogP contribution in [0.2, 0.25) is 0 Å². The Labute approximate surface area is 161 Å². The number of hydrogen-bond acceptors (Lipinski definition) is 7. The van der Waals surface area contributed by atoms with Gasteiger partial charge in [-0.2, -0.15) is 16.9 Å². The van der Waals surface area contributed by atoms with E-state index in [1.54, 1.807) is 17.1 Å². The molecular weight excluding hydrogens is 360 g/mol. The highest BCUT2D eigenvalue weighted by atomic mass is 32.2. The molecule has 138 valence electrons. The Balaban J connectivity index is 1.60. The molecule has 4 aromatic heterocycles. The van der Waals surface area contributed by atoms with E-state index in [0.29, 0.717) is 11.2 Å². The van der Waals surface area contributed by atoms with Crippen LogP contribution in [0.3, 0.4) is 0 Å². The molecule has 4 rings (SSSR count). The summed E-state index contributed by atoms with van der Waals surface area (Å²) < 4.78 is 3.75. The van der Waals surface area contributed by atoms with Gasteiger partial charge in [0.05, 0.1) is 17.6 Å².